The second-order valence-electron chi connectivity index (χ2n) is 9.70. The van der Waals surface area contributed by atoms with Crippen LogP contribution in [0.3, 0.4) is 0 Å². The normalized spacial score (nSPS) is 12.2. The molecule has 0 N–H and O–H groups in total. The molecule has 32 heavy (non-hydrogen) atoms. The Morgan fingerprint density at radius 3 is 1.94 bits per heavy atom. The van der Waals surface area contributed by atoms with Crippen LogP contribution in [0, 0.1) is 0 Å². The van der Waals surface area contributed by atoms with Gasteiger partial charge in [0.25, 0.3) is 0 Å². The summed E-state index contributed by atoms with van der Waals surface area (Å²) >= 11 is 0. The van der Waals surface area contributed by atoms with E-state index in [4.69, 9.17) is 15.0 Å². The molecule has 0 bridgehead atoms. The van der Waals surface area contributed by atoms with Crippen LogP contribution in [0.25, 0.3) is 39.4 Å². The summed E-state index contributed by atoms with van der Waals surface area (Å²) < 4.78 is 2.13. The Bertz CT molecular complexity index is 1400. The summed E-state index contributed by atoms with van der Waals surface area (Å²) in [7, 11) is 0. The Labute approximate surface area is 189 Å². The van der Waals surface area contributed by atoms with Gasteiger partial charge in [-0.25, -0.2) is 15.0 Å². The number of nitrogens with zero attached hydrogens (tertiary/aromatic N) is 4. The fourth-order valence-electron chi connectivity index (χ4n) is 4.02. The van der Waals surface area contributed by atoms with Crippen molar-refractivity contribution in [3.05, 3.63) is 83.9 Å². The average molecular weight is 421 g/mol. The molecule has 0 unspecified atom stereocenters. The number of para-hydroxylation sites is 2. The van der Waals surface area contributed by atoms with Crippen LogP contribution in [0.1, 0.15) is 51.7 Å². The molecule has 0 saturated carbocycles. The van der Waals surface area contributed by atoms with Gasteiger partial charge in [-0.15, -0.1) is 0 Å². The highest BCUT2D eigenvalue weighted by Crippen LogP contribution is 2.31. The molecule has 0 spiro atoms. The average Bonchev–Trinajstić information content (AvgIpc) is 3.15. The van der Waals surface area contributed by atoms with Gasteiger partial charge in [-0.05, 0) is 46.7 Å². The van der Waals surface area contributed by atoms with E-state index in [-0.39, 0.29) is 5.41 Å². The smallest absolute Gasteiger partial charge is 0.199 e. The number of fused-ring (bicyclic) bond motifs is 2. The highest BCUT2D eigenvalue weighted by atomic mass is 15.2. The van der Waals surface area contributed by atoms with Gasteiger partial charge in [-0.2, -0.15) is 0 Å². The molecule has 0 aliphatic rings. The van der Waals surface area contributed by atoms with E-state index in [9.17, 15) is 0 Å². The third-order valence-corrected chi connectivity index (χ3v) is 6.00. The lowest BCUT2D eigenvalue weighted by Gasteiger charge is -2.19. The van der Waals surface area contributed by atoms with E-state index in [1.807, 2.05) is 24.3 Å². The first-order chi connectivity index (χ1) is 15.3. The minimum absolute atomic E-state index is 0.103. The van der Waals surface area contributed by atoms with Crippen LogP contribution in [0.5, 0.6) is 0 Å². The molecule has 4 nitrogen and oxygen atoms in total. The highest BCUT2D eigenvalue weighted by molar-refractivity contribution is 5.86. The molecule has 160 valence electrons. The van der Waals surface area contributed by atoms with E-state index in [1.54, 1.807) is 0 Å². The van der Waals surface area contributed by atoms with Gasteiger partial charge in [-0.1, -0.05) is 83.1 Å². The van der Waals surface area contributed by atoms with Crippen molar-refractivity contribution in [1.29, 1.82) is 0 Å². The summed E-state index contributed by atoms with van der Waals surface area (Å²) in [4.78, 5) is 14.7. The molecule has 5 rings (SSSR count). The lowest BCUT2D eigenvalue weighted by Crippen LogP contribution is -2.10. The number of hydrogen-bond donors (Lipinski definition) is 0. The van der Waals surface area contributed by atoms with E-state index in [1.165, 1.54) is 11.1 Å². The Morgan fingerprint density at radius 2 is 1.34 bits per heavy atom. The third kappa shape index (κ3) is 3.56. The van der Waals surface area contributed by atoms with E-state index < -0.39 is 0 Å². The molecule has 0 fully saturated rings. The van der Waals surface area contributed by atoms with Crippen molar-refractivity contribution < 1.29 is 0 Å². The number of rotatable bonds is 3. The predicted octanol–water partition coefficient (Wildman–Crippen LogP) is 7.06. The van der Waals surface area contributed by atoms with Gasteiger partial charge in [0.05, 0.1) is 11.0 Å². The van der Waals surface area contributed by atoms with Gasteiger partial charge in [0.15, 0.2) is 11.3 Å². The zero-order valence-corrected chi connectivity index (χ0v) is 19.3. The molecular weight excluding hydrogens is 392 g/mol. The summed E-state index contributed by atoms with van der Waals surface area (Å²) in [6.45, 7) is 11.1. The monoisotopic (exact) mass is 420 g/mol. The summed E-state index contributed by atoms with van der Waals surface area (Å²) in [5.74, 6) is 1.34. The minimum Gasteiger partial charge on any atom is -0.275 e. The quantitative estimate of drug-likeness (QED) is 0.314. The Balaban J connectivity index is 1.75. The van der Waals surface area contributed by atoms with E-state index >= 15 is 0 Å². The third-order valence-electron chi connectivity index (χ3n) is 6.00. The van der Waals surface area contributed by atoms with Gasteiger partial charge in [0.2, 0.25) is 0 Å². The Morgan fingerprint density at radius 1 is 0.719 bits per heavy atom. The number of aromatic nitrogens is 4. The lowest BCUT2D eigenvalue weighted by atomic mass is 9.87. The molecule has 0 saturated heterocycles. The first-order valence-electron chi connectivity index (χ1n) is 11.2. The number of imidazole rings is 1. The standard InChI is InChI=1S/C28H28N4/c1-18(2)19-12-16-22(17-13-19)32-26(20-10-14-21(15-11-20)28(3,4)5)31-25-27(32)30-24-9-7-6-8-23(24)29-25/h6-18H,1-5H3. The summed E-state index contributed by atoms with van der Waals surface area (Å²) in [6.07, 6.45) is 0. The number of benzene rings is 3. The van der Waals surface area contributed by atoms with Crippen LogP contribution in [0.2, 0.25) is 0 Å². The summed E-state index contributed by atoms with van der Waals surface area (Å²) in [5, 5.41) is 0. The Kier molecular flexibility index (Phi) is 4.81. The van der Waals surface area contributed by atoms with E-state index in [2.05, 4.69) is 87.7 Å². The first-order valence-corrected chi connectivity index (χ1v) is 11.2. The SMILES string of the molecule is CC(C)c1ccc(-n2c(-c3ccc(C(C)(C)C)cc3)nc3nc4ccccc4nc32)cc1. The Hall–Kier alpha value is -3.53. The zero-order valence-electron chi connectivity index (χ0n) is 19.3. The van der Waals surface area contributed by atoms with Crippen molar-refractivity contribution in [3.63, 3.8) is 0 Å². The minimum atomic E-state index is 0.103. The van der Waals surface area contributed by atoms with Crippen LogP contribution in [0.15, 0.2) is 72.8 Å². The second-order valence-corrected chi connectivity index (χ2v) is 9.70. The molecule has 0 aliphatic carbocycles. The topological polar surface area (TPSA) is 43.6 Å². The van der Waals surface area contributed by atoms with Crippen LogP contribution in [-0.4, -0.2) is 19.5 Å². The van der Waals surface area contributed by atoms with Crippen molar-refractivity contribution in [2.75, 3.05) is 0 Å². The fourth-order valence-corrected chi connectivity index (χ4v) is 4.02. The molecule has 3 aromatic carbocycles. The second kappa shape index (κ2) is 7.56. The van der Waals surface area contributed by atoms with Gasteiger partial charge >= 0.3 is 0 Å². The van der Waals surface area contributed by atoms with Gasteiger partial charge < -0.3 is 0 Å². The highest BCUT2D eigenvalue weighted by Gasteiger charge is 2.19. The van der Waals surface area contributed by atoms with Crippen LogP contribution >= 0.6 is 0 Å². The van der Waals surface area contributed by atoms with Crippen molar-refractivity contribution in [3.8, 4) is 17.1 Å². The lowest BCUT2D eigenvalue weighted by molar-refractivity contribution is 0.590. The van der Waals surface area contributed by atoms with Crippen molar-refractivity contribution in [2.45, 2.75) is 46.0 Å². The largest absolute Gasteiger partial charge is 0.275 e. The number of hydrogen-bond acceptors (Lipinski definition) is 3. The van der Waals surface area contributed by atoms with Crippen LogP contribution in [-0.2, 0) is 5.41 Å². The van der Waals surface area contributed by atoms with Crippen molar-refractivity contribution in [1.82, 2.24) is 19.5 Å². The van der Waals surface area contributed by atoms with Crippen molar-refractivity contribution in [2.24, 2.45) is 0 Å². The van der Waals surface area contributed by atoms with Crippen molar-refractivity contribution >= 4 is 22.3 Å². The van der Waals surface area contributed by atoms with Gasteiger partial charge in [0, 0.05) is 11.3 Å². The maximum Gasteiger partial charge on any atom is 0.199 e. The molecule has 0 atom stereocenters. The molecule has 0 amide bonds. The fraction of sp³-hybridized carbons (Fsp3) is 0.250. The molecule has 2 aromatic heterocycles. The molecule has 4 heteroatoms. The van der Waals surface area contributed by atoms with E-state index in [0.29, 0.717) is 11.6 Å². The molecule has 2 heterocycles. The summed E-state index contributed by atoms with van der Waals surface area (Å²) in [6, 6.07) is 25.3. The molecular formula is C28H28N4. The van der Waals surface area contributed by atoms with Crippen LogP contribution in [0.4, 0.5) is 0 Å². The molecule has 0 radical (unpaired) electrons. The van der Waals surface area contributed by atoms with Gasteiger partial charge in [0.1, 0.15) is 5.82 Å². The van der Waals surface area contributed by atoms with E-state index in [0.717, 1.165) is 33.8 Å². The first kappa shape index (κ1) is 20.4. The summed E-state index contributed by atoms with van der Waals surface area (Å²) in [5.41, 5.74) is 7.96. The maximum absolute atomic E-state index is 4.95. The van der Waals surface area contributed by atoms with Crippen LogP contribution < -0.4 is 0 Å². The predicted molar refractivity (Wildman–Crippen MR) is 132 cm³/mol. The van der Waals surface area contributed by atoms with Gasteiger partial charge in [-0.3, -0.25) is 4.57 Å². The maximum atomic E-state index is 4.95. The zero-order chi connectivity index (χ0) is 22.5. The molecule has 5 aromatic rings. The molecule has 0 aliphatic heterocycles.